The molecule has 0 aromatic rings. The first kappa shape index (κ1) is 9.09. The Bertz CT molecular complexity index is 8.00. The fraction of sp³-hybridized carbons (Fsp3) is 1.00. The van der Waals surface area contributed by atoms with Crippen molar-refractivity contribution in [2.24, 2.45) is 0 Å². The van der Waals surface area contributed by atoms with Crippen LogP contribution in [-0.4, -0.2) is 27.6 Å². The summed E-state index contributed by atoms with van der Waals surface area (Å²) in [5, 5.41) is 0. The third kappa shape index (κ3) is 9.75. The molecule has 0 bridgehead atoms. The molecule has 0 radical (unpaired) electrons. The fourth-order valence-corrected chi connectivity index (χ4v) is 0. The van der Waals surface area contributed by atoms with Gasteiger partial charge in [0.25, 0.3) is 0 Å². The molecule has 0 heterocycles. The van der Waals surface area contributed by atoms with E-state index in [9.17, 15) is 0 Å². The molecule has 3 heteroatoms. The van der Waals surface area contributed by atoms with Crippen molar-refractivity contribution in [2.75, 3.05) is 0 Å². The zero-order chi connectivity index (χ0) is 2.71. The van der Waals surface area contributed by atoms with E-state index in [2.05, 4.69) is 21.1 Å². The van der Waals surface area contributed by atoms with Crippen molar-refractivity contribution >= 4 is 27.6 Å². The van der Waals surface area contributed by atoms with Crippen molar-refractivity contribution in [2.45, 2.75) is 4.26 Å². The van der Waals surface area contributed by atoms with Gasteiger partial charge in [-0.2, -0.15) is 0 Å². The molecule has 0 N–H and O–H groups in total. The first-order chi connectivity index (χ1) is 1.41. The zero-order valence-corrected chi connectivity index (χ0v) is 6.18. The topological polar surface area (TPSA) is 0 Å². The van der Waals surface area contributed by atoms with Crippen molar-refractivity contribution in [3.8, 4) is 0 Å². The third-order valence-corrected chi connectivity index (χ3v) is 0. The van der Waals surface area contributed by atoms with Crippen molar-refractivity contribution in [3.63, 3.8) is 0 Å². The Kier molecular flexibility index (Phi) is 20.0. The van der Waals surface area contributed by atoms with Crippen molar-refractivity contribution < 1.29 is 21.1 Å². The van der Waals surface area contributed by atoms with E-state index in [4.69, 9.17) is 0 Å². The van der Waals surface area contributed by atoms with Crippen LogP contribution in [0, 0.1) is 0 Å². The third-order valence-electron chi connectivity index (χ3n) is 0. The molecule has 0 fully saturated rings. The molecule has 0 aliphatic rings. The van der Waals surface area contributed by atoms with Crippen molar-refractivity contribution in [1.82, 2.24) is 0 Å². The van der Waals surface area contributed by atoms with Gasteiger partial charge in [-0.15, -0.1) is 0 Å². The molecule has 0 unspecified atom stereocenters. The van der Waals surface area contributed by atoms with Crippen LogP contribution in [0.3, 0.4) is 0 Å². The van der Waals surface area contributed by atoms with Crippen LogP contribution >= 0.6 is 0 Å². The second kappa shape index (κ2) is 8.82. The summed E-state index contributed by atoms with van der Waals surface area (Å²) < 4.78 is 1.33. The molecule has 0 aliphatic heterocycles. The molecule has 4 heavy (non-hydrogen) atoms. The molecular weight excluding hydrogens is 264 g/mol. The molecule has 0 spiro atoms. The van der Waals surface area contributed by atoms with Crippen LogP contribution in [-0.2, 0) is 21.1 Å². The van der Waals surface area contributed by atoms with Gasteiger partial charge >= 0.3 is 35.6 Å². The van der Waals surface area contributed by atoms with Gasteiger partial charge in [-0.25, -0.2) is 0 Å². The molecule has 0 saturated heterocycles. The zero-order valence-electron chi connectivity index (χ0n) is 2.01. The molecule has 0 atom stereocenters. The second-order valence-corrected chi connectivity index (χ2v) is 5.24. The molecule has 0 rings (SSSR count). The van der Waals surface area contributed by atoms with E-state index in [1.54, 1.807) is 0 Å². The normalized spacial score (nSPS) is 5.50. The standard InChI is InChI=1S/CH5Si.Al.Au.3H/c1-2;;;;;/h1H2,2H3;;;;;. The predicted octanol–water partition coefficient (Wildman–Crippen LogP) is -1.91. The Labute approximate surface area is 52.8 Å². The van der Waals surface area contributed by atoms with Crippen molar-refractivity contribution in [3.05, 3.63) is 0 Å². The molecular formula is CH8AlAuSi. The van der Waals surface area contributed by atoms with Gasteiger partial charge in [0, 0.05) is 0 Å². The quantitative estimate of drug-likeness (QED) is 0.452. The van der Waals surface area contributed by atoms with E-state index >= 15 is 0 Å². The summed E-state index contributed by atoms with van der Waals surface area (Å²) in [5.41, 5.74) is 0. The van der Waals surface area contributed by atoms with Gasteiger partial charge < -0.3 is 0 Å². The monoisotopic (exact) mass is 272 g/mol. The van der Waals surface area contributed by atoms with Crippen LogP contribution in [0.15, 0.2) is 0 Å². The minimum absolute atomic E-state index is 0. The van der Waals surface area contributed by atoms with Gasteiger partial charge in [-0.3, -0.25) is 0 Å². The van der Waals surface area contributed by atoms with Gasteiger partial charge in [-0.05, 0) is 0 Å². The Morgan fingerprint density at radius 3 is 1.75 bits per heavy atom. The van der Waals surface area contributed by atoms with Crippen LogP contribution in [0.2, 0.25) is 4.26 Å². The Morgan fingerprint density at radius 1 is 1.75 bits per heavy atom. The van der Waals surface area contributed by atoms with E-state index in [1.807, 2.05) is 0 Å². The second-order valence-electron chi connectivity index (χ2n) is 0.213. The SMILES string of the molecule is [AlH3].[SiH3][CH2][Au]. The van der Waals surface area contributed by atoms with Crippen LogP contribution in [0.1, 0.15) is 0 Å². The molecule has 30 valence electrons. The average molecular weight is 272 g/mol. The fourth-order valence-electron chi connectivity index (χ4n) is 0. The molecule has 0 nitrogen and oxygen atoms in total. The molecule has 0 aromatic carbocycles. The van der Waals surface area contributed by atoms with Gasteiger partial charge in [-0.1, -0.05) is 0 Å². The Morgan fingerprint density at radius 2 is 1.75 bits per heavy atom. The van der Waals surface area contributed by atoms with Gasteiger partial charge in [0.2, 0.25) is 0 Å². The number of hydrogen-bond donors (Lipinski definition) is 0. The molecule has 0 amide bonds. The van der Waals surface area contributed by atoms with Gasteiger partial charge in [0.1, 0.15) is 0 Å². The van der Waals surface area contributed by atoms with Crippen LogP contribution in [0.25, 0.3) is 0 Å². The summed E-state index contributed by atoms with van der Waals surface area (Å²) in [6.45, 7) is 0. The summed E-state index contributed by atoms with van der Waals surface area (Å²) in [6.07, 6.45) is 0. The Hall–Kier alpha value is 1.49. The summed E-state index contributed by atoms with van der Waals surface area (Å²) in [6, 6.07) is 0. The van der Waals surface area contributed by atoms with E-state index in [0.29, 0.717) is 0 Å². The Balaban J connectivity index is 0. The molecule has 0 saturated carbocycles. The maximum absolute atomic E-state index is 2.49. The van der Waals surface area contributed by atoms with E-state index in [1.165, 1.54) is 14.5 Å². The number of hydrogen-bond acceptors (Lipinski definition) is 0. The first-order valence-electron chi connectivity index (χ1n) is 0.920. The predicted molar refractivity (Wildman–Crippen MR) is 24.7 cm³/mol. The summed E-state index contributed by atoms with van der Waals surface area (Å²) >= 11 is 2.49. The van der Waals surface area contributed by atoms with E-state index in [0.717, 1.165) is 0 Å². The summed E-state index contributed by atoms with van der Waals surface area (Å²) in [7, 11) is 1.34. The maximum atomic E-state index is 2.49. The minimum atomic E-state index is 0. The van der Waals surface area contributed by atoms with Crippen molar-refractivity contribution in [1.29, 1.82) is 0 Å². The molecule has 0 aliphatic carbocycles. The van der Waals surface area contributed by atoms with Gasteiger partial charge in [0.05, 0.1) is 0 Å². The average Bonchev–Trinajstić information content (AvgIpc) is 0.918. The molecule has 0 aromatic heterocycles. The van der Waals surface area contributed by atoms with E-state index in [-0.39, 0.29) is 17.4 Å². The number of rotatable bonds is 0. The first-order valence-corrected chi connectivity index (χ1v) is 3.87. The van der Waals surface area contributed by atoms with Crippen LogP contribution in [0.4, 0.5) is 0 Å². The van der Waals surface area contributed by atoms with E-state index < -0.39 is 0 Å². The van der Waals surface area contributed by atoms with Crippen LogP contribution in [0.5, 0.6) is 0 Å². The summed E-state index contributed by atoms with van der Waals surface area (Å²) in [4.78, 5) is 0. The van der Waals surface area contributed by atoms with Crippen LogP contribution < -0.4 is 0 Å². The summed E-state index contributed by atoms with van der Waals surface area (Å²) in [5.74, 6) is 0. The van der Waals surface area contributed by atoms with Gasteiger partial charge in [0.15, 0.2) is 17.4 Å².